The average molecular weight is 425 g/mol. The number of benzene rings is 2. The number of nitrogens with zero attached hydrogens (tertiary/aromatic N) is 1. The molecule has 0 fully saturated rings. The van der Waals surface area contributed by atoms with E-state index < -0.39 is 16.1 Å². The maximum atomic E-state index is 12.5. The van der Waals surface area contributed by atoms with Crippen molar-refractivity contribution in [1.29, 1.82) is 0 Å². The van der Waals surface area contributed by atoms with Crippen molar-refractivity contribution in [1.82, 2.24) is 5.32 Å². The number of hydrogen-bond donors (Lipinski definition) is 1. The van der Waals surface area contributed by atoms with Crippen LogP contribution in [-0.2, 0) is 21.2 Å². The van der Waals surface area contributed by atoms with Crippen molar-refractivity contribution in [2.24, 2.45) is 0 Å². The summed E-state index contributed by atoms with van der Waals surface area (Å²) in [4.78, 5) is 12.5. The van der Waals surface area contributed by atoms with Crippen LogP contribution < -0.4 is 19.1 Å². The second kappa shape index (κ2) is 8.28. The first-order chi connectivity index (χ1) is 13.3. The molecule has 0 bridgehead atoms. The van der Waals surface area contributed by atoms with E-state index >= 15 is 0 Å². The number of amides is 1. The summed E-state index contributed by atoms with van der Waals surface area (Å²) in [5.74, 6) is 0.696. The van der Waals surface area contributed by atoms with Gasteiger partial charge in [-0.3, -0.25) is 9.10 Å². The van der Waals surface area contributed by atoms with E-state index in [1.807, 2.05) is 24.3 Å². The molecule has 150 valence electrons. The van der Waals surface area contributed by atoms with Crippen LogP contribution in [0.1, 0.15) is 5.56 Å². The standard InChI is InChI=1S/C19H21ClN2O5S/c1-26-15-6-3-13(4-7-15)9-10-21-19(23)18-12-22(28(2,24)25)16-11-14(20)5-8-17(16)27-18/h3-8,11,18H,9-10,12H2,1-2H3,(H,21,23)/t18-/m1/s1. The highest BCUT2D eigenvalue weighted by Gasteiger charge is 2.35. The Morgan fingerprint density at radius 1 is 1.29 bits per heavy atom. The number of hydrogen-bond acceptors (Lipinski definition) is 5. The van der Waals surface area contributed by atoms with Crippen LogP contribution in [0.25, 0.3) is 0 Å². The first kappa shape index (κ1) is 20.3. The lowest BCUT2D eigenvalue weighted by molar-refractivity contribution is -0.127. The molecule has 1 aliphatic heterocycles. The lowest BCUT2D eigenvalue weighted by Gasteiger charge is -2.34. The topological polar surface area (TPSA) is 84.9 Å². The van der Waals surface area contributed by atoms with E-state index in [2.05, 4.69) is 5.32 Å². The zero-order chi connectivity index (χ0) is 20.3. The molecule has 28 heavy (non-hydrogen) atoms. The maximum Gasteiger partial charge on any atom is 0.263 e. The fraction of sp³-hybridized carbons (Fsp3) is 0.316. The highest BCUT2D eigenvalue weighted by atomic mass is 35.5. The van der Waals surface area contributed by atoms with Gasteiger partial charge in [-0.2, -0.15) is 0 Å². The third kappa shape index (κ3) is 4.69. The van der Waals surface area contributed by atoms with Gasteiger partial charge in [-0.25, -0.2) is 8.42 Å². The van der Waals surface area contributed by atoms with Crippen molar-refractivity contribution >= 4 is 33.2 Å². The van der Waals surface area contributed by atoms with Crippen LogP contribution >= 0.6 is 11.6 Å². The molecule has 0 saturated carbocycles. The Hall–Kier alpha value is -2.45. The van der Waals surface area contributed by atoms with Crippen molar-refractivity contribution in [3.05, 3.63) is 53.1 Å². The fourth-order valence-electron chi connectivity index (χ4n) is 2.91. The van der Waals surface area contributed by atoms with E-state index in [9.17, 15) is 13.2 Å². The summed E-state index contributed by atoms with van der Waals surface area (Å²) >= 11 is 5.97. The average Bonchev–Trinajstić information content (AvgIpc) is 2.66. The Labute approximate surface area is 169 Å². The van der Waals surface area contributed by atoms with Gasteiger partial charge in [0.25, 0.3) is 5.91 Å². The number of carbonyl (C=O) groups excluding carboxylic acids is 1. The molecule has 1 atom stereocenters. The van der Waals surface area contributed by atoms with E-state index in [4.69, 9.17) is 21.1 Å². The predicted molar refractivity (Wildman–Crippen MR) is 108 cm³/mol. The van der Waals surface area contributed by atoms with Gasteiger partial charge in [0.15, 0.2) is 6.10 Å². The normalized spacial score (nSPS) is 16.1. The molecule has 1 N–H and O–H groups in total. The van der Waals surface area contributed by atoms with Gasteiger partial charge >= 0.3 is 0 Å². The van der Waals surface area contributed by atoms with Gasteiger partial charge in [0.05, 0.1) is 25.6 Å². The number of halogens is 1. The second-order valence-electron chi connectivity index (χ2n) is 6.40. The van der Waals surface area contributed by atoms with Crippen molar-refractivity contribution in [2.45, 2.75) is 12.5 Å². The summed E-state index contributed by atoms with van der Waals surface area (Å²) < 4.78 is 36.3. The summed E-state index contributed by atoms with van der Waals surface area (Å²) in [6.07, 6.45) is 0.769. The van der Waals surface area contributed by atoms with Crippen molar-refractivity contribution in [3.8, 4) is 11.5 Å². The first-order valence-electron chi connectivity index (χ1n) is 8.62. The molecule has 0 aromatic heterocycles. The van der Waals surface area contributed by atoms with Crippen LogP contribution in [0.4, 0.5) is 5.69 Å². The van der Waals surface area contributed by atoms with Crippen LogP contribution in [-0.4, -0.2) is 46.9 Å². The van der Waals surface area contributed by atoms with Crippen molar-refractivity contribution in [3.63, 3.8) is 0 Å². The summed E-state index contributed by atoms with van der Waals surface area (Å²) in [5.41, 5.74) is 1.38. The van der Waals surface area contributed by atoms with E-state index in [0.717, 1.165) is 21.9 Å². The Kier molecular flexibility index (Phi) is 6.00. The van der Waals surface area contributed by atoms with Gasteiger partial charge < -0.3 is 14.8 Å². The van der Waals surface area contributed by atoms with Gasteiger partial charge in [0, 0.05) is 11.6 Å². The Balaban J connectivity index is 1.66. The number of rotatable bonds is 6. The van der Waals surface area contributed by atoms with Gasteiger partial charge in [0.2, 0.25) is 10.0 Å². The third-order valence-corrected chi connectivity index (χ3v) is 5.74. The number of anilines is 1. The highest BCUT2D eigenvalue weighted by Crippen LogP contribution is 2.37. The Bertz CT molecular complexity index is 963. The quantitative estimate of drug-likeness (QED) is 0.768. The summed E-state index contributed by atoms with van der Waals surface area (Å²) in [6, 6.07) is 12.2. The molecule has 1 heterocycles. The molecule has 0 spiro atoms. The van der Waals surface area contributed by atoms with Crippen LogP contribution in [0, 0.1) is 0 Å². The molecular formula is C19H21ClN2O5S. The summed E-state index contributed by atoms with van der Waals surface area (Å²) in [5, 5.41) is 3.19. The number of ether oxygens (including phenoxy) is 2. The second-order valence-corrected chi connectivity index (χ2v) is 8.74. The van der Waals surface area contributed by atoms with E-state index in [0.29, 0.717) is 29.4 Å². The molecule has 0 saturated heterocycles. The number of methoxy groups -OCH3 is 1. The molecule has 2 aromatic rings. The summed E-state index contributed by atoms with van der Waals surface area (Å²) in [6.45, 7) is 0.290. The van der Waals surface area contributed by atoms with Gasteiger partial charge in [-0.05, 0) is 42.3 Å². The van der Waals surface area contributed by atoms with Crippen LogP contribution in [0.5, 0.6) is 11.5 Å². The minimum atomic E-state index is -3.59. The number of carbonyl (C=O) groups is 1. The molecule has 0 unspecified atom stereocenters. The van der Waals surface area contributed by atoms with E-state index in [1.165, 1.54) is 6.07 Å². The molecule has 9 heteroatoms. The number of fused-ring (bicyclic) bond motifs is 1. The molecule has 7 nitrogen and oxygen atoms in total. The number of sulfonamides is 1. The highest BCUT2D eigenvalue weighted by molar-refractivity contribution is 7.92. The zero-order valence-electron chi connectivity index (χ0n) is 15.5. The lowest BCUT2D eigenvalue weighted by atomic mass is 10.1. The molecule has 1 aliphatic rings. The molecule has 0 aliphatic carbocycles. The molecule has 3 rings (SSSR count). The SMILES string of the molecule is COc1ccc(CCNC(=O)[C@H]2CN(S(C)(=O)=O)c3cc(Cl)ccc3O2)cc1. The molecule has 0 radical (unpaired) electrons. The Morgan fingerprint density at radius 2 is 2.00 bits per heavy atom. The van der Waals surface area contributed by atoms with Gasteiger partial charge in [0.1, 0.15) is 11.5 Å². The van der Waals surface area contributed by atoms with Crippen LogP contribution in [0.3, 0.4) is 0 Å². The largest absolute Gasteiger partial charge is 0.497 e. The van der Waals surface area contributed by atoms with E-state index in [1.54, 1.807) is 19.2 Å². The maximum absolute atomic E-state index is 12.5. The van der Waals surface area contributed by atoms with Crippen LogP contribution in [0.2, 0.25) is 5.02 Å². The number of nitrogens with one attached hydrogen (secondary N) is 1. The van der Waals surface area contributed by atoms with Gasteiger partial charge in [-0.15, -0.1) is 0 Å². The third-order valence-electron chi connectivity index (χ3n) is 4.36. The molecular weight excluding hydrogens is 404 g/mol. The monoisotopic (exact) mass is 424 g/mol. The fourth-order valence-corrected chi connectivity index (χ4v) is 3.98. The van der Waals surface area contributed by atoms with E-state index in [-0.39, 0.29) is 12.5 Å². The minimum absolute atomic E-state index is 0.111. The smallest absolute Gasteiger partial charge is 0.263 e. The molecule has 2 aromatic carbocycles. The van der Waals surface area contributed by atoms with Crippen molar-refractivity contribution in [2.75, 3.05) is 30.8 Å². The van der Waals surface area contributed by atoms with Crippen molar-refractivity contribution < 1.29 is 22.7 Å². The summed E-state index contributed by atoms with van der Waals surface area (Å²) in [7, 11) is -1.99. The first-order valence-corrected chi connectivity index (χ1v) is 10.8. The molecule has 1 amide bonds. The predicted octanol–water partition coefficient (Wildman–Crippen LogP) is 2.23. The minimum Gasteiger partial charge on any atom is -0.497 e. The zero-order valence-corrected chi connectivity index (χ0v) is 17.1. The lowest BCUT2D eigenvalue weighted by Crippen LogP contribution is -2.50. The van der Waals surface area contributed by atoms with Gasteiger partial charge in [-0.1, -0.05) is 23.7 Å². The Morgan fingerprint density at radius 3 is 2.64 bits per heavy atom. The van der Waals surface area contributed by atoms with Crippen LogP contribution in [0.15, 0.2) is 42.5 Å².